The van der Waals surface area contributed by atoms with Crippen molar-refractivity contribution in [3.63, 3.8) is 0 Å². The number of ether oxygens (including phenoxy) is 3. The first-order valence-electron chi connectivity index (χ1n) is 10.5. The molecule has 0 aliphatic carbocycles. The van der Waals surface area contributed by atoms with Gasteiger partial charge < -0.3 is 19.5 Å². The van der Waals surface area contributed by atoms with Crippen molar-refractivity contribution < 1.29 is 19.0 Å². The van der Waals surface area contributed by atoms with Crippen molar-refractivity contribution in [1.29, 1.82) is 0 Å². The Balaban J connectivity index is 2.22. The van der Waals surface area contributed by atoms with Gasteiger partial charge in [-0.25, -0.2) is 0 Å². The molecule has 2 aromatic carbocycles. The molecule has 1 amide bonds. The Morgan fingerprint density at radius 3 is 2.34 bits per heavy atom. The van der Waals surface area contributed by atoms with Gasteiger partial charge in [-0.15, -0.1) is 0 Å². The van der Waals surface area contributed by atoms with Gasteiger partial charge in [0, 0.05) is 12.0 Å². The number of nitrogens with zero attached hydrogens (tertiary/aromatic N) is 3. The zero-order chi connectivity index (χ0) is 23.0. The van der Waals surface area contributed by atoms with Gasteiger partial charge in [0.05, 0.1) is 31.4 Å². The van der Waals surface area contributed by atoms with E-state index < -0.39 is 24.0 Å². The summed E-state index contributed by atoms with van der Waals surface area (Å²) in [5.41, 5.74) is 11.3. The zero-order valence-electron chi connectivity index (χ0n) is 18.3. The van der Waals surface area contributed by atoms with Crippen LogP contribution in [0.2, 0.25) is 0 Å². The number of benzene rings is 2. The fourth-order valence-electron chi connectivity index (χ4n) is 3.44. The topological polar surface area (TPSA) is 106 Å². The third-order valence-corrected chi connectivity index (χ3v) is 4.95. The molecule has 0 spiro atoms. The molecule has 0 heterocycles. The van der Waals surface area contributed by atoms with E-state index in [0.717, 1.165) is 11.1 Å². The summed E-state index contributed by atoms with van der Waals surface area (Å²) in [7, 11) is 7.05. The van der Waals surface area contributed by atoms with Crippen LogP contribution < -0.4 is 5.32 Å². The van der Waals surface area contributed by atoms with Gasteiger partial charge in [-0.05, 0) is 35.9 Å². The summed E-state index contributed by atoms with van der Waals surface area (Å²) in [5.74, 6) is -0.678. The summed E-state index contributed by atoms with van der Waals surface area (Å²) in [4.78, 5) is 14.8. The molecule has 0 fully saturated rings. The SMILES string of the molecule is [B]C(=O)N[C@H](Cc1ccccc1)[C@H](OCOCCOC)[C@@H](CCc1ccccc1)N=[N+]=[N-]. The lowest BCUT2D eigenvalue weighted by Crippen LogP contribution is -2.50. The lowest BCUT2D eigenvalue weighted by atomic mass is 9.92. The first-order chi connectivity index (χ1) is 15.6. The summed E-state index contributed by atoms with van der Waals surface area (Å²) >= 11 is 0. The first-order valence-corrected chi connectivity index (χ1v) is 10.5. The Kier molecular flexibility index (Phi) is 12.0. The molecule has 0 saturated carbocycles. The minimum Gasteiger partial charge on any atom is -0.382 e. The maximum atomic E-state index is 11.8. The van der Waals surface area contributed by atoms with E-state index in [1.807, 2.05) is 60.7 Å². The second-order valence-corrected chi connectivity index (χ2v) is 7.25. The Bertz CT molecular complexity index is 834. The average Bonchev–Trinajstić information content (AvgIpc) is 2.80. The van der Waals surface area contributed by atoms with Gasteiger partial charge in [0.1, 0.15) is 6.79 Å². The summed E-state index contributed by atoms with van der Waals surface area (Å²) in [6.45, 7) is 0.739. The quantitative estimate of drug-likeness (QED) is 0.115. The number of hydrogen-bond donors (Lipinski definition) is 1. The number of nitrogens with one attached hydrogen (secondary N) is 1. The maximum absolute atomic E-state index is 11.8. The number of azide groups is 1. The minimum atomic E-state index is -0.678. The van der Waals surface area contributed by atoms with Gasteiger partial charge in [0.2, 0.25) is 7.85 Å². The highest BCUT2D eigenvalue weighted by atomic mass is 16.7. The van der Waals surface area contributed by atoms with Crippen molar-refractivity contribution >= 4 is 13.7 Å². The summed E-state index contributed by atoms with van der Waals surface area (Å²) in [5, 5.41) is 6.78. The highest BCUT2D eigenvalue weighted by Gasteiger charge is 2.31. The molecule has 0 aromatic heterocycles. The standard InChI is InChI=1S/C23H29BN4O4/c1-30-14-15-31-17-32-22(20(27-28-25)13-12-18-8-4-2-5-9-18)21(26-23(24)29)16-19-10-6-3-7-11-19/h2-11,20-22H,12-17H2,1H3,(H,26,29)/t20-,21-,22-/m1/s1. The Morgan fingerprint density at radius 2 is 1.75 bits per heavy atom. The predicted octanol–water partition coefficient (Wildman–Crippen LogP) is 3.79. The number of hydrogen-bond acceptors (Lipinski definition) is 5. The van der Waals surface area contributed by atoms with Crippen molar-refractivity contribution in [3.05, 3.63) is 82.2 Å². The van der Waals surface area contributed by atoms with E-state index >= 15 is 0 Å². The minimum absolute atomic E-state index is 0.0391. The number of rotatable bonds is 15. The van der Waals surface area contributed by atoms with Crippen LogP contribution in [0.25, 0.3) is 10.4 Å². The molecule has 2 rings (SSSR count). The summed E-state index contributed by atoms with van der Waals surface area (Å²) in [6, 6.07) is 18.5. The van der Waals surface area contributed by atoms with Crippen molar-refractivity contribution in [2.45, 2.75) is 37.5 Å². The van der Waals surface area contributed by atoms with Gasteiger partial charge in [0.15, 0.2) is 5.81 Å². The normalized spacial score (nSPS) is 13.5. The summed E-state index contributed by atoms with van der Waals surface area (Å²) < 4.78 is 16.5. The van der Waals surface area contributed by atoms with Crippen LogP contribution >= 0.6 is 0 Å². The van der Waals surface area contributed by atoms with Crippen molar-refractivity contribution in [2.75, 3.05) is 27.1 Å². The Labute approximate surface area is 190 Å². The third-order valence-electron chi connectivity index (χ3n) is 4.95. The second kappa shape index (κ2) is 15.0. The molecule has 2 aromatic rings. The molecule has 3 atom stereocenters. The fraction of sp³-hybridized carbons (Fsp3) is 0.435. The van der Waals surface area contributed by atoms with Crippen LogP contribution in [0.1, 0.15) is 17.5 Å². The van der Waals surface area contributed by atoms with Gasteiger partial charge in [-0.1, -0.05) is 65.8 Å². The van der Waals surface area contributed by atoms with Gasteiger partial charge in [0.25, 0.3) is 0 Å². The molecule has 0 aliphatic heterocycles. The molecule has 0 unspecified atom stereocenters. The lowest BCUT2D eigenvalue weighted by molar-refractivity contribution is -0.112. The molecule has 32 heavy (non-hydrogen) atoms. The molecule has 2 radical (unpaired) electrons. The van der Waals surface area contributed by atoms with E-state index in [1.54, 1.807) is 7.11 Å². The third kappa shape index (κ3) is 9.53. The molecule has 9 heteroatoms. The molecule has 0 aliphatic rings. The van der Waals surface area contributed by atoms with Gasteiger partial charge >= 0.3 is 0 Å². The first kappa shape index (κ1) is 25.4. The van der Waals surface area contributed by atoms with Crippen LogP contribution in [0, 0.1) is 0 Å². The number of carbonyl (C=O) groups is 1. The predicted molar refractivity (Wildman–Crippen MR) is 123 cm³/mol. The molecular formula is C23H29BN4O4. The number of amides is 1. The molecule has 0 saturated heterocycles. The highest BCUT2D eigenvalue weighted by Crippen LogP contribution is 2.19. The Hall–Kier alpha value is -2.84. The smallest absolute Gasteiger partial charge is 0.200 e. The Morgan fingerprint density at radius 1 is 1.09 bits per heavy atom. The number of carbonyl (C=O) groups excluding carboxylic acids is 1. The number of aryl methyl sites for hydroxylation is 1. The molecule has 1 N–H and O–H groups in total. The van der Waals surface area contributed by atoms with Crippen molar-refractivity contribution in [2.24, 2.45) is 5.11 Å². The highest BCUT2D eigenvalue weighted by molar-refractivity contribution is 6.57. The van der Waals surface area contributed by atoms with E-state index in [0.29, 0.717) is 32.5 Å². The van der Waals surface area contributed by atoms with Crippen LogP contribution in [0.3, 0.4) is 0 Å². The largest absolute Gasteiger partial charge is 0.382 e. The zero-order valence-corrected chi connectivity index (χ0v) is 18.3. The monoisotopic (exact) mass is 436 g/mol. The van der Waals surface area contributed by atoms with E-state index in [4.69, 9.17) is 22.1 Å². The molecule has 168 valence electrons. The van der Waals surface area contributed by atoms with Crippen LogP contribution in [0.15, 0.2) is 65.8 Å². The van der Waals surface area contributed by atoms with Crippen molar-refractivity contribution in [1.82, 2.24) is 5.32 Å². The molecule has 0 bridgehead atoms. The van der Waals surface area contributed by atoms with Gasteiger partial charge in [-0.3, -0.25) is 4.79 Å². The number of methoxy groups -OCH3 is 1. The molecule has 8 nitrogen and oxygen atoms in total. The summed E-state index contributed by atoms with van der Waals surface area (Å²) in [6.07, 6.45) is 1.02. The van der Waals surface area contributed by atoms with E-state index in [9.17, 15) is 10.3 Å². The average molecular weight is 436 g/mol. The van der Waals surface area contributed by atoms with Crippen LogP contribution in [0.5, 0.6) is 0 Å². The van der Waals surface area contributed by atoms with Gasteiger partial charge in [-0.2, -0.15) is 0 Å². The fourth-order valence-corrected chi connectivity index (χ4v) is 3.44. The lowest BCUT2D eigenvalue weighted by Gasteiger charge is -2.32. The maximum Gasteiger partial charge on any atom is 0.200 e. The van der Waals surface area contributed by atoms with Crippen LogP contribution in [0.4, 0.5) is 4.79 Å². The van der Waals surface area contributed by atoms with Crippen LogP contribution in [-0.2, 0) is 27.1 Å². The van der Waals surface area contributed by atoms with E-state index in [2.05, 4.69) is 15.3 Å². The van der Waals surface area contributed by atoms with E-state index in [1.165, 1.54) is 0 Å². The van der Waals surface area contributed by atoms with Crippen molar-refractivity contribution in [3.8, 4) is 0 Å². The molecular weight excluding hydrogens is 407 g/mol. The van der Waals surface area contributed by atoms with E-state index in [-0.39, 0.29) is 6.79 Å². The van der Waals surface area contributed by atoms with Crippen LogP contribution in [-0.4, -0.2) is 59.0 Å². The second-order valence-electron chi connectivity index (χ2n) is 7.25.